The number of fused-ring (bicyclic) bond motifs is 1. The third kappa shape index (κ3) is 4.53. The highest BCUT2D eigenvalue weighted by molar-refractivity contribution is 6.35. The number of anilines is 3. The number of rotatable bonds is 6. The first-order valence-electron chi connectivity index (χ1n) is 8.98. The summed E-state index contributed by atoms with van der Waals surface area (Å²) in [6.45, 7) is 0.563. The summed E-state index contributed by atoms with van der Waals surface area (Å²) >= 11 is 12.2. The van der Waals surface area contributed by atoms with E-state index in [-0.39, 0.29) is 0 Å². The van der Waals surface area contributed by atoms with Gasteiger partial charge in [-0.2, -0.15) is 4.98 Å². The Morgan fingerprint density at radius 1 is 0.897 bits per heavy atom. The van der Waals surface area contributed by atoms with Gasteiger partial charge in [-0.15, -0.1) is 0 Å². The van der Waals surface area contributed by atoms with Crippen LogP contribution in [0.25, 0.3) is 10.9 Å². The molecule has 0 aliphatic rings. The molecule has 7 heteroatoms. The minimum Gasteiger partial charge on any atom is -0.496 e. The van der Waals surface area contributed by atoms with Crippen LogP contribution in [-0.2, 0) is 6.54 Å². The summed E-state index contributed by atoms with van der Waals surface area (Å²) in [5.74, 6) is 1.99. The molecule has 0 radical (unpaired) electrons. The van der Waals surface area contributed by atoms with Gasteiger partial charge in [-0.3, -0.25) is 0 Å². The summed E-state index contributed by atoms with van der Waals surface area (Å²) < 4.78 is 5.44. The van der Waals surface area contributed by atoms with Gasteiger partial charge in [-0.25, -0.2) is 4.98 Å². The average molecular weight is 425 g/mol. The van der Waals surface area contributed by atoms with Gasteiger partial charge in [-0.05, 0) is 36.4 Å². The van der Waals surface area contributed by atoms with Crippen molar-refractivity contribution in [3.05, 3.63) is 82.3 Å². The lowest BCUT2D eigenvalue weighted by atomic mass is 10.2. The minimum atomic E-state index is 0.449. The van der Waals surface area contributed by atoms with Crippen LogP contribution in [0, 0.1) is 0 Å². The van der Waals surface area contributed by atoms with Gasteiger partial charge in [-0.1, -0.05) is 53.5 Å². The van der Waals surface area contributed by atoms with Crippen molar-refractivity contribution in [3.8, 4) is 5.75 Å². The molecule has 2 N–H and O–H groups in total. The highest BCUT2D eigenvalue weighted by Crippen LogP contribution is 2.28. The molecule has 0 amide bonds. The zero-order valence-electron chi connectivity index (χ0n) is 15.6. The zero-order chi connectivity index (χ0) is 20.2. The van der Waals surface area contributed by atoms with Crippen LogP contribution >= 0.6 is 23.2 Å². The smallest absolute Gasteiger partial charge is 0.229 e. The fraction of sp³-hybridized carbons (Fsp3) is 0.0909. The molecule has 0 spiro atoms. The maximum Gasteiger partial charge on any atom is 0.229 e. The van der Waals surface area contributed by atoms with Crippen LogP contribution in [0.5, 0.6) is 5.75 Å². The van der Waals surface area contributed by atoms with Gasteiger partial charge in [0.05, 0.1) is 12.6 Å². The number of para-hydroxylation sites is 2. The molecule has 0 atom stereocenters. The second kappa shape index (κ2) is 8.55. The maximum absolute atomic E-state index is 6.10. The number of nitrogens with one attached hydrogen (secondary N) is 2. The van der Waals surface area contributed by atoms with E-state index in [2.05, 4.69) is 20.6 Å². The molecule has 1 heterocycles. The minimum absolute atomic E-state index is 0.449. The molecule has 5 nitrogen and oxygen atoms in total. The van der Waals surface area contributed by atoms with E-state index in [4.69, 9.17) is 27.9 Å². The Labute approximate surface area is 178 Å². The molecule has 0 fully saturated rings. The first-order chi connectivity index (χ1) is 14.1. The van der Waals surface area contributed by atoms with E-state index in [9.17, 15) is 0 Å². The van der Waals surface area contributed by atoms with Crippen molar-refractivity contribution in [2.24, 2.45) is 0 Å². The van der Waals surface area contributed by atoms with Crippen LogP contribution in [-0.4, -0.2) is 17.1 Å². The molecule has 4 aromatic rings. The van der Waals surface area contributed by atoms with Gasteiger partial charge in [0.1, 0.15) is 11.6 Å². The van der Waals surface area contributed by atoms with Crippen LogP contribution in [0.1, 0.15) is 5.56 Å². The van der Waals surface area contributed by atoms with E-state index < -0.39 is 0 Å². The fourth-order valence-corrected chi connectivity index (χ4v) is 3.58. The number of benzene rings is 3. The topological polar surface area (TPSA) is 59.1 Å². The van der Waals surface area contributed by atoms with E-state index >= 15 is 0 Å². The first-order valence-corrected chi connectivity index (χ1v) is 9.73. The van der Waals surface area contributed by atoms with Gasteiger partial charge in [0.2, 0.25) is 5.95 Å². The van der Waals surface area contributed by atoms with Crippen molar-refractivity contribution >= 4 is 51.6 Å². The second-order valence-electron chi connectivity index (χ2n) is 6.36. The molecule has 0 saturated heterocycles. The van der Waals surface area contributed by atoms with E-state index in [0.717, 1.165) is 28.0 Å². The van der Waals surface area contributed by atoms with Crippen molar-refractivity contribution in [2.75, 3.05) is 17.7 Å². The van der Waals surface area contributed by atoms with E-state index in [1.165, 1.54) is 0 Å². The number of aromatic nitrogens is 2. The van der Waals surface area contributed by atoms with Crippen LogP contribution in [0.15, 0.2) is 66.7 Å². The molecule has 146 valence electrons. The van der Waals surface area contributed by atoms with Crippen molar-refractivity contribution in [1.82, 2.24) is 9.97 Å². The highest BCUT2D eigenvalue weighted by atomic mass is 35.5. The molecular weight excluding hydrogens is 407 g/mol. The van der Waals surface area contributed by atoms with Crippen LogP contribution < -0.4 is 15.4 Å². The normalized spacial score (nSPS) is 10.7. The Hall–Kier alpha value is -3.02. The number of hydrogen-bond donors (Lipinski definition) is 2. The molecule has 3 aromatic carbocycles. The quantitative estimate of drug-likeness (QED) is 0.380. The van der Waals surface area contributed by atoms with Crippen molar-refractivity contribution in [3.63, 3.8) is 0 Å². The first kappa shape index (κ1) is 19.3. The van der Waals surface area contributed by atoms with Gasteiger partial charge < -0.3 is 15.4 Å². The van der Waals surface area contributed by atoms with Crippen LogP contribution in [0.4, 0.5) is 17.5 Å². The molecular formula is C22H18Cl2N4O. The Morgan fingerprint density at radius 2 is 1.62 bits per heavy atom. The molecule has 0 aliphatic heterocycles. The Bertz CT molecular complexity index is 1150. The second-order valence-corrected chi connectivity index (χ2v) is 7.23. The summed E-state index contributed by atoms with van der Waals surface area (Å²) in [7, 11) is 1.66. The van der Waals surface area contributed by atoms with E-state index in [1.54, 1.807) is 25.3 Å². The molecule has 0 saturated carbocycles. The number of halogens is 2. The van der Waals surface area contributed by atoms with Crippen LogP contribution in [0.2, 0.25) is 10.0 Å². The monoisotopic (exact) mass is 424 g/mol. The SMILES string of the molecule is COc1ccccc1CNc1nc(Nc2cc(Cl)cc(Cl)c2)nc2ccccc12. The molecule has 29 heavy (non-hydrogen) atoms. The van der Waals surface area contributed by atoms with Crippen molar-refractivity contribution in [2.45, 2.75) is 6.54 Å². The fourth-order valence-electron chi connectivity index (χ4n) is 3.05. The summed E-state index contributed by atoms with van der Waals surface area (Å²) in [6, 6.07) is 20.9. The lowest BCUT2D eigenvalue weighted by molar-refractivity contribution is 0.410. The molecule has 4 rings (SSSR count). The Balaban J connectivity index is 1.67. The summed E-state index contributed by atoms with van der Waals surface area (Å²) in [4.78, 5) is 9.27. The Morgan fingerprint density at radius 3 is 2.41 bits per heavy atom. The third-order valence-electron chi connectivity index (χ3n) is 4.36. The average Bonchev–Trinajstić information content (AvgIpc) is 2.71. The Kier molecular flexibility index (Phi) is 5.69. The summed E-state index contributed by atoms with van der Waals surface area (Å²) in [6.07, 6.45) is 0. The van der Waals surface area contributed by atoms with E-state index in [1.807, 2.05) is 48.5 Å². The molecule has 0 unspecified atom stereocenters. The predicted octanol–water partition coefficient (Wildman–Crippen LogP) is 6.30. The summed E-state index contributed by atoms with van der Waals surface area (Å²) in [5.41, 5.74) is 2.57. The van der Waals surface area contributed by atoms with Gasteiger partial charge in [0.25, 0.3) is 0 Å². The highest BCUT2D eigenvalue weighted by Gasteiger charge is 2.10. The zero-order valence-corrected chi connectivity index (χ0v) is 17.1. The lowest BCUT2D eigenvalue weighted by Gasteiger charge is -2.13. The van der Waals surface area contributed by atoms with Crippen LogP contribution in [0.3, 0.4) is 0 Å². The van der Waals surface area contributed by atoms with Crippen molar-refractivity contribution < 1.29 is 4.74 Å². The largest absolute Gasteiger partial charge is 0.496 e. The van der Waals surface area contributed by atoms with E-state index in [0.29, 0.717) is 28.2 Å². The number of methoxy groups -OCH3 is 1. The van der Waals surface area contributed by atoms with Crippen molar-refractivity contribution in [1.29, 1.82) is 0 Å². The third-order valence-corrected chi connectivity index (χ3v) is 4.80. The molecule has 1 aromatic heterocycles. The number of ether oxygens (including phenoxy) is 1. The maximum atomic E-state index is 6.10. The lowest BCUT2D eigenvalue weighted by Crippen LogP contribution is -2.06. The van der Waals surface area contributed by atoms with Gasteiger partial charge in [0.15, 0.2) is 0 Å². The molecule has 0 bridgehead atoms. The predicted molar refractivity (Wildman–Crippen MR) is 120 cm³/mol. The summed E-state index contributed by atoms with van der Waals surface area (Å²) in [5, 5.41) is 8.59. The molecule has 0 aliphatic carbocycles. The number of nitrogens with zero attached hydrogens (tertiary/aromatic N) is 2. The van der Waals surface area contributed by atoms with Gasteiger partial charge in [0, 0.05) is 33.2 Å². The standard InChI is InChI=1S/C22H18Cl2N4O/c1-29-20-9-5-2-6-14(20)13-25-21-18-7-3-4-8-19(18)27-22(28-21)26-17-11-15(23)10-16(24)12-17/h2-12H,13H2,1H3,(H2,25,26,27,28). The van der Waals surface area contributed by atoms with Gasteiger partial charge >= 0.3 is 0 Å². The number of hydrogen-bond acceptors (Lipinski definition) is 5.